The number of anilines is 1. The molecule has 2 aromatic rings. The lowest BCUT2D eigenvalue weighted by molar-refractivity contribution is -0.116. The van der Waals surface area contributed by atoms with E-state index in [0.717, 1.165) is 61.6 Å². The molecule has 0 aliphatic carbocycles. The number of methoxy groups -OCH3 is 2. The molecule has 7 nitrogen and oxygen atoms in total. The summed E-state index contributed by atoms with van der Waals surface area (Å²) in [5.74, 6) is 2.32. The van der Waals surface area contributed by atoms with Gasteiger partial charge in [0, 0.05) is 45.2 Å². The molecule has 0 amide bonds. The molecule has 7 heteroatoms. The van der Waals surface area contributed by atoms with Crippen LogP contribution >= 0.6 is 0 Å². The van der Waals surface area contributed by atoms with Crippen LogP contribution in [0.4, 0.5) is 5.82 Å². The molecule has 1 spiro atoms. The van der Waals surface area contributed by atoms with Gasteiger partial charge in [0.2, 0.25) is 0 Å². The molecule has 0 atom stereocenters. The average Bonchev–Trinajstić information content (AvgIpc) is 2.67. The molecule has 2 fully saturated rings. The Hall–Kier alpha value is -2.12. The normalized spacial score (nSPS) is 20.0. The predicted octanol–water partition coefficient (Wildman–Crippen LogP) is 2.03. The van der Waals surface area contributed by atoms with Gasteiger partial charge in [-0.1, -0.05) is 0 Å². The van der Waals surface area contributed by atoms with Crippen molar-refractivity contribution in [3.8, 4) is 11.5 Å². The highest BCUT2D eigenvalue weighted by Gasteiger charge is 2.39. The molecule has 2 aliphatic heterocycles. The minimum atomic E-state index is -0.142. The summed E-state index contributed by atoms with van der Waals surface area (Å²) < 4.78 is 22.6. The Bertz CT molecular complexity index is 756. The predicted molar refractivity (Wildman–Crippen MR) is 93.6 cm³/mol. The van der Waals surface area contributed by atoms with Crippen LogP contribution in [0.3, 0.4) is 0 Å². The molecule has 0 N–H and O–H groups in total. The van der Waals surface area contributed by atoms with Crippen molar-refractivity contribution in [1.82, 2.24) is 9.97 Å². The number of hydrogen-bond acceptors (Lipinski definition) is 7. The fourth-order valence-corrected chi connectivity index (χ4v) is 3.69. The van der Waals surface area contributed by atoms with Crippen LogP contribution in [0.1, 0.15) is 12.8 Å². The molecule has 2 saturated heterocycles. The van der Waals surface area contributed by atoms with Crippen molar-refractivity contribution >= 4 is 16.7 Å². The molecule has 0 unspecified atom stereocenters. The minimum Gasteiger partial charge on any atom is -0.497 e. The Morgan fingerprint density at radius 2 is 1.92 bits per heavy atom. The Morgan fingerprint density at radius 3 is 2.68 bits per heavy atom. The van der Waals surface area contributed by atoms with Crippen LogP contribution in [-0.2, 0) is 9.47 Å². The Balaban J connectivity index is 1.75. The smallest absolute Gasteiger partial charge is 0.148 e. The number of fused-ring (bicyclic) bond motifs is 1. The number of rotatable bonds is 3. The van der Waals surface area contributed by atoms with Crippen LogP contribution < -0.4 is 14.4 Å². The third kappa shape index (κ3) is 2.98. The first-order chi connectivity index (χ1) is 12.2. The second-order valence-corrected chi connectivity index (χ2v) is 6.49. The molecule has 1 aromatic carbocycles. The van der Waals surface area contributed by atoms with Crippen molar-refractivity contribution in [2.45, 2.75) is 18.4 Å². The molecule has 0 bridgehead atoms. The van der Waals surface area contributed by atoms with Crippen LogP contribution in [0.5, 0.6) is 11.5 Å². The molecule has 2 aliphatic rings. The molecule has 3 heterocycles. The SMILES string of the molecule is COc1cc(OC)c2ncnc(N3CCOC4(CCOCC4)C3)c2c1. The monoisotopic (exact) mass is 345 g/mol. The standard InChI is InChI=1S/C18H23N3O4/c1-22-13-9-14-16(15(10-13)23-2)19-12-20-17(14)21-5-8-25-18(11-21)3-6-24-7-4-18/h9-10,12H,3-8,11H2,1-2H3. The summed E-state index contributed by atoms with van der Waals surface area (Å²) in [6, 6.07) is 3.82. The lowest BCUT2D eigenvalue weighted by atomic mass is 9.92. The molecule has 1 aromatic heterocycles. The van der Waals surface area contributed by atoms with Crippen LogP contribution in [-0.4, -0.2) is 62.7 Å². The van der Waals surface area contributed by atoms with Crippen molar-refractivity contribution in [1.29, 1.82) is 0 Å². The summed E-state index contributed by atoms with van der Waals surface area (Å²) in [5.41, 5.74) is 0.650. The van der Waals surface area contributed by atoms with Gasteiger partial charge in [-0.15, -0.1) is 0 Å². The van der Waals surface area contributed by atoms with E-state index in [1.807, 2.05) is 12.1 Å². The highest BCUT2D eigenvalue weighted by atomic mass is 16.5. The van der Waals surface area contributed by atoms with Gasteiger partial charge in [-0.3, -0.25) is 0 Å². The number of morpholine rings is 1. The van der Waals surface area contributed by atoms with Gasteiger partial charge in [0.15, 0.2) is 0 Å². The molecular formula is C18H23N3O4. The maximum absolute atomic E-state index is 6.15. The highest BCUT2D eigenvalue weighted by Crippen LogP contribution is 2.37. The minimum absolute atomic E-state index is 0.142. The summed E-state index contributed by atoms with van der Waals surface area (Å²) >= 11 is 0. The fraction of sp³-hybridized carbons (Fsp3) is 0.556. The summed E-state index contributed by atoms with van der Waals surface area (Å²) in [7, 11) is 3.29. The number of benzene rings is 1. The van der Waals surface area contributed by atoms with Crippen molar-refractivity contribution in [2.24, 2.45) is 0 Å². The van der Waals surface area contributed by atoms with Gasteiger partial charge in [0.05, 0.1) is 31.8 Å². The number of nitrogens with zero attached hydrogens (tertiary/aromatic N) is 3. The lowest BCUT2D eigenvalue weighted by Crippen LogP contribution is -2.54. The van der Waals surface area contributed by atoms with Gasteiger partial charge >= 0.3 is 0 Å². The summed E-state index contributed by atoms with van der Waals surface area (Å²) in [5, 5.41) is 0.933. The van der Waals surface area contributed by atoms with Crippen molar-refractivity contribution in [3.63, 3.8) is 0 Å². The summed E-state index contributed by atoms with van der Waals surface area (Å²) in [4.78, 5) is 11.3. The second kappa shape index (κ2) is 6.65. The number of aromatic nitrogens is 2. The third-order valence-electron chi connectivity index (χ3n) is 5.06. The van der Waals surface area contributed by atoms with Crippen molar-refractivity contribution in [2.75, 3.05) is 52.0 Å². The molecule has 25 heavy (non-hydrogen) atoms. The van der Waals surface area contributed by atoms with E-state index < -0.39 is 0 Å². The Kier molecular flexibility index (Phi) is 4.35. The Morgan fingerprint density at radius 1 is 1.08 bits per heavy atom. The van der Waals surface area contributed by atoms with E-state index in [2.05, 4.69) is 14.9 Å². The van der Waals surface area contributed by atoms with E-state index in [0.29, 0.717) is 12.4 Å². The maximum atomic E-state index is 6.15. The van der Waals surface area contributed by atoms with E-state index in [9.17, 15) is 0 Å². The molecule has 4 rings (SSSR count). The quantitative estimate of drug-likeness (QED) is 0.843. The van der Waals surface area contributed by atoms with Gasteiger partial charge in [-0.2, -0.15) is 0 Å². The van der Waals surface area contributed by atoms with Gasteiger partial charge < -0.3 is 23.8 Å². The van der Waals surface area contributed by atoms with Gasteiger partial charge in [0.1, 0.15) is 29.2 Å². The highest BCUT2D eigenvalue weighted by molar-refractivity contribution is 5.94. The van der Waals surface area contributed by atoms with E-state index in [1.165, 1.54) is 0 Å². The Labute approximate surface area is 146 Å². The fourth-order valence-electron chi connectivity index (χ4n) is 3.69. The first-order valence-electron chi connectivity index (χ1n) is 8.58. The van der Waals surface area contributed by atoms with Gasteiger partial charge in [0.25, 0.3) is 0 Å². The van der Waals surface area contributed by atoms with E-state index >= 15 is 0 Å². The third-order valence-corrected chi connectivity index (χ3v) is 5.06. The molecule has 134 valence electrons. The topological polar surface area (TPSA) is 65.9 Å². The van der Waals surface area contributed by atoms with Crippen LogP contribution in [0.15, 0.2) is 18.5 Å². The van der Waals surface area contributed by atoms with Crippen molar-refractivity contribution in [3.05, 3.63) is 18.5 Å². The van der Waals surface area contributed by atoms with E-state index in [-0.39, 0.29) is 5.60 Å². The molecule has 0 saturated carbocycles. The second-order valence-electron chi connectivity index (χ2n) is 6.49. The number of hydrogen-bond donors (Lipinski definition) is 0. The van der Waals surface area contributed by atoms with Crippen molar-refractivity contribution < 1.29 is 18.9 Å². The molecule has 0 radical (unpaired) electrons. The first-order valence-corrected chi connectivity index (χ1v) is 8.58. The maximum Gasteiger partial charge on any atom is 0.148 e. The molecular weight excluding hydrogens is 322 g/mol. The largest absolute Gasteiger partial charge is 0.497 e. The zero-order valence-electron chi connectivity index (χ0n) is 14.7. The van der Waals surface area contributed by atoms with E-state index in [4.69, 9.17) is 18.9 Å². The van der Waals surface area contributed by atoms with E-state index in [1.54, 1.807) is 20.5 Å². The lowest BCUT2D eigenvalue weighted by Gasteiger charge is -2.45. The van der Waals surface area contributed by atoms with Crippen LogP contribution in [0.2, 0.25) is 0 Å². The van der Waals surface area contributed by atoms with Gasteiger partial charge in [-0.25, -0.2) is 9.97 Å². The van der Waals surface area contributed by atoms with Crippen LogP contribution in [0, 0.1) is 0 Å². The summed E-state index contributed by atoms with van der Waals surface area (Å²) in [6.45, 7) is 3.79. The first kappa shape index (κ1) is 16.4. The van der Waals surface area contributed by atoms with Gasteiger partial charge in [-0.05, 0) is 6.07 Å². The van der Waals surface area contributed by atoms with Crippen LogP contribution in [0.25, 0.3) is 10.9 Å². The zero-order valence-corrected chi connectivity index (χ0v) is 14.7. The number of ether oxygens (including phenoxy) is 4. The average molecular weight is 345 g/mol. The summed E-state index contributed by atoms with van der Waals surface area (Å²) in [6.07, 6.45) is 3.43. The zero-order chi connectivity index (χ0) is 17.3.